The molecule has 0 aliphatic heterocycles. The Morgan fingerprint density at radius 2 is 2.29 bits per heavy atom. The van der Waals surface area contributed by atoms with Crippen molar-refractivity contribution in [3.63, 3.8) is 0 Å². The van der Waals surface area contributed by atoms with Gasteiger partial charge in [-0.2, -0.15) is 0 Å². The standard InChI is InChI=1S/C12H20ClNO3/c13-7-6-11(17-12(14)16)5-4-9-2-1-3-10(15)8-9/h9,11H,1-8H2,(H2,14,16). The molecule has 4 nitrogen and oxygen atoms in total. The number of rotatable bonds is 6. The number of ketones is 1. The van der Waals surface area contributed by atoms with Gasteiger partial charge in [-0.25, -0.2) is 4.79 Å². The Kier molecular flexibility index (Phi) is 6.34. The molecule has 0 spiro atoms. The van der Waals surface area contributed by atoms with Crippen molar-refractivity contribution >= 4 is 23.5 Å². The van der Waals surface area contributed by atoms with Crippen LogP contribution < -0.4 is 5.73 Å². The summed E-state index contributed by atoms with van der Waals surface area (Å²) >= 11 is 5.64. The van der Waals surface area contributed by atoms with Crippen molar-refractivity contribution in [3.05, 3.63) is 0 Å². The molecule has 0 saturated heterocycles. The van der Waals surface area contributed by atoms with Crippen LogP contribution >= 0.6 is 11.6 Å². The summed E-state index contributed by atoms with van der Waals surface area (Å²) < 4.78 is 4.98. The predicted octanol–water partition coefficient (Wildman–Crippen LogP) is 2.62. The molecule has 1 fully saturated rings. The number of nitrogens with two attached hydrogens (primary N) is 1. The average molecular weight is 262 g/mol. The van der Waals surface area contributed by atoms with E-state index in [1.165, 1.54) is 0 Å². The fraction of sp³-hybridized carbons (Fsp3) is 0.833. The van der Waals surface area contributed by atoms with Crippen LogP contribution in [0.25, 0.3) is 0 Å². The summed E-state index contributed by atoms with van der Waals surface area (Å²) in [6.07, 6.45) is 4.78. The zero-order chi connectivity index (χ0) is 12.7. The van der Waals surface area contributed by atoms with Gasteiger partial charge < -0.3 is 10.5 Å². The van der Waals surface area contributed by atoms with E-state index in [1.807, 2.05) is 0 Å². The van der Waals surface area contributed by atoms with E-state index in [2.05, 4.69) is 0 Å². The molecule has 2 atom stereocenters. The number of hydrogen-bond acceptors (Lipinski definition) is 3. The zero-order valence-electron chi connectivity index (χ0n) is 9.99. The van der Waals surface area contributed by atoms with Crippen molar-refractivity contribution in [2.45, 2.75) is 51.0 Å². The molecule has 98 valence electrons. The average Bonchev–Trinajstić information content (AvgIpc) is 2.26. The molecule has 1 aliphatic rings. The fourth-order valence-corrected chi connectivity index (χ4v) is 2.57. The van der Waals surface area contributed by atoms with Crippen molar-refractivity contribution in [1.29, 1.82) is 0 Å². The molecule has 5 heteroatoms. The van der Waals surface area contributed by atoms with E-state index < -0.39 is 6.09 Å². The summed E-state index contributed by atoms with van der Waals surface area (Å²) in [7, 11) is 0. The normalized spacial score (nSPS) is 22.2. The second-order valence-corrected chi connectivity index (χ2v) is 4.99. The molecule has 0 bridgehead atoms. The lowest BCUT2D eigenvalue weighted by Crippen LogP contribution is -2.24. The predicted molar refractivity (Wildman–Crippen MR) is 66.0 cm³/mol. The van der Waals surface area contributed by atoms with Gasteiger partial charge in [0, 0.05) is 18.7 Å². The molecule has 2 unspecified atom stereocenters. The maximum atomic E-state index is 11.3. The van der Waals surface area contributed by atoms with Gasteiger partial charge in [-0.05, 0) is 38.0 Å². The highest BCUT2D eigenvalue weighted by molar-refractivity contribution is 6.17. The molecular formula is C12H20ClNO3. The highest BCUT2D eigenvalue weighted by atomic mass is 35.5. The number of carbonyl (C=O) groups excluding carboxylic acids is 2. The number of alkyl halides is 1. The van der Waals surface area contributed by atoms with Gasteiger partial charge in [-0.1, -0.05) is 0 Å². The Morgan fingerprint density at radius 3 is 2.88 bits per heavy atom. The number of Topliss-reactive ketones (excluding diaryl/α,β-unsaturated/α-hetero) is 1. The van der Waals surface area contributed by atoms with Crippen LogP contribution in [0.1, 0.15) is 44.9 Å². The SMILES string of the molecule is NC(=O)OC(CCCl)CCC1CCCC(=O)C1. The van der Waals surface area contributed by atoms with Crippen molar-refractivity contribution in [1.82, 2.24) is 0 Å². The summed E-state index contributed by atoms with van der Waals surface area (Å²) in [5.74, 6) is 1.23. The van der Waals surface area contributed by atoms with E-state index in [9.17, 15) is 9.59 Å². The molecule has 1 saturated carbocycles. The quantitative estimate of drug-likeness (QED) is 0.747. The minimum absolute atomic E-state index is 0.206. The first-order valence-electron chi connectivity index (χ1n) is 6.15. The van der Waals surface area contributed by atoms with Crippen molar-refractivity contribution in [2.24, 2.45) is 11.7 Å². The Labute approximate surface area is 107 Å². The van der Waals surface area contributed by atoms with Crippen molar-refractivity contribution in [2.75, 3.05) is 5.88 Å². The van der Waals surface area contributed by atoms with Crippen LogP contribution in [0, 0.1) is 5.92 Å². The van der Waals surface area contributed by atoms with E-state index in [4.69, 9.17) is 22.1 Å². The third-order valence-electron chi connectivity index (χ3n) is 3.20. The topological polar surface area (TPSA) is 69.4 Å². The fourth-order valence-electron chi connectivity index (χ4n) is 2.33. The van der Waals surface area contributed by atoms with Gasteiger partial charge in [0.15, 0.2) is 0 Å². The Morgan fingerprint density at radius 1 is 1.53 bits per heavy atom. The monoisotopic (exact) mass is 261 g/mol. The van der Waals surface area contributed by atoms with E-state index in [0.717, 1.165) is 32.1 Å². The van der Waals surface area contributed by atoms with Crippen LogP contribution in [0.2, 0.25) is 0 Å². The Hall–Kier alpha value is -0.770. The molecule has 1 amide bonds. The Bertz CT molecular complexity index is 270. The lowest BCUT2D eigenvalue weighted by atomic mass is 9.84. The molecule has 0 heterocycles. The van der Waals surface area contributed by atoms with Gasteiger partial charge in [-0.15, -0.1) is 11.6 Å². The summed E-state index contributed by atoms with van der Waals surface area (Å²) in [6.45, 7) is 0. The molecule has 2 N–H and O–H groups in total. The first-order valence-corrected chi connectivity index (χ1v) is 6.69. The van der Waals surface area contributed by atoms with Gasteiger partial charge in [0.2, 0.25) is 0 Å². The van der Waals surface area contributed by atoms with Gasteiger partial charge in [-0.3, -0.25) is 4.79 Å². The second kappa shape index (κ2) is 7.54. The first kappa shape index (κ1) is 14.3. The molecule has 0 aromatic heterocycles. The summed E-state index contributed by atoms with van der Waals surface area (Å²) in [5, 5.41) is 0. The lowest BCUT2D eigenvalue weighted by molar-refractivity contribution is -0.121. The summed E-state index contributed by atoms with van der Waals surface area (Å²) in [5.41, 5.74) is 5.00. The third kappa shape index (κ3) is 5.91. The largest absolute Gasteiger partial charge is 0.446 e. The minimum Gasteiger partial charge on any atom is -0.446 e. The molecule has 0 aromatic rings. The van der Waals surface area contributed by atoms with Crippen LogP contribution in [0.15, 0.2) is 0 Å². The van der Waals surface area contributed by atoms with Gasteiger partial charge in [0.1, 0.15) is 11.9 Å². The van der Waals surface area contributed by atoms with E-state index in [1.54, 1.807) is 0 Å². The maximum absolute atomic E-state index is 11.3. The Balaban J connectivity index is 2.29. The smallest absolute Gasteiger partial charge is 0.404 e. The summed E-state index contributed by atoms with van der Waals surface area (Å²) in [4.78, 5) is 22.0. The maximum Gasteiger partial charge on any atom is 0.404 e. The summed E-state index contributed by atoms with van der Waals surface area (Å²) in [6, 6.07) is 0. The van der Waals surface area contributed by atoms with Crippen molar-refractivity contribution < 1.29 is 14.3 Å². The molecule has 0 radical (unpaired) electrons. The second-order valence-electron chi connectivity index (χ2n) is 4.61. The van der Waals surface area contributed by atoms with Crippen LogP contribution in [-0.2, 0) is 9.53 Å². The first-order chi connectivity index (χ1) is 8.11. The number of carbonyl (C=O) groups is 2. The van der Waals surface area contributed by atoms with E-state index >= 15 is 0 Å². The number of hydrogen-bond donors (Lipinski definition) is 1. The molecule has 17 heavy (non-hydrogen) atoms. The van der Waals surface area contributed by atoms with Gasteiger partial charge in [0.05, 0.1) is 0 Å². The third-order valence-corrected chi connectivity index (χ3v) is 3.41. The number of primary amides is 1. The van der Waals surface area contributed by atoms with Crippen molar-refractivity contribution in [3.8, 4) is 0 Å². The van der Waals surface area contributed by atoms with Crippen LogP contribution in [0.5, 0.6) is 0 Å². The highest BCUT2D eigenvalue weighted by Gasteiger charge is 2.21. The highest BCUT2D eigenvalue weighted by Crippen LogP contribution is 2.26. The number of ether oxygens (including phenoxy) is 1. The van der Waals surface area contributed by atoms with Crippen LogP contribution in [0.3, 0.4) is 0 Å². The zero-order valence-corrected chi connectivity index (χ0v) is 10.7. The molecule has 1 rings (SSSR count). The van der Waals surface area contributed by atoms with Gasteiger partial charge >= 0.3 is 6.09 Å². The van der Waals surface area contributed by atoms with Crippen LogP contribution in [-0.4, -0.2) is 23.9 Å². The molecule has 0 aromatic carbocycles. The van der Waals surface area contributed by atoms with Gasteiger partial charge in [0.25, 0.3) is 0 Å². The lowest BCUT2D eigenvalue weighted by Gasteiger charge is -2.23. The number of amides is 1. The minimum atomic E-state index is -0.750. The van der Waals surface area contributed by atoms with E-state index in [0.29, 0.717) is 30.4 Å². The van der Waals surface area contributed by atoms with E-state index in [-0.39, 0.29) is 6.10 Å². The van der Waals surface area contributed by atoms with Crippen LogP contribution in [0.4, 0.5) is 4.79 Å². The number of halogens is 1. The molecular weight excluding hydrogens is 242 g/mol. The molecule has 1 aliphatic carbocycles.